The number of benzene rings is 6. The van der Waals surface area contributed by atoms with Crippen molar-refractivity contribution in [2.45, 2.75) is 43.1 Å². The zero-order chi connectivity index (χ0) is 49.8. The summed E-state index contributed by atoms with van der Waals surface area (Å²) in [6, 6.07) is 48.8. The number of hydrogen-bond donors (Lipinski definition) is 0. The summed E-state index contributed by atoms with van der Waals surface area (Å²) < 4.78 is 56.0. The van der Waals surface area contributed by atoms with Gasteiger partial charge in [-0.05, 0) is 90.5 Å². The topological polar surface area (TPSA) is 185 Å². The van der Waals surface area contributed by atoms with Crippen molar-refractivity contribution >= 4 is 35.8 Å². The molecule has 0 radical (unpaired) electrons. The number of carbonyl (C=O) groups excluding carboxylic acids is 6. The van der Waals surface area contributed by atoms with Crippen LogP contribution in [0.4, 0.5) is 0 Å². The smallest absolute Gasteiger partial charge is 0.338 e. The molecule has 0 N–H and O–H groups in total. The van der Waals surface area contributed by atoms with Gasteiger partial charge in [0.1, 0.15) is 25.4 Å². The van der Waals surface area contributed by atoms with E-state index in [0.29, 0.717) is 16.7 Å². The van der Waals surface area contributed by atoms with Gasteiger partial charge in [0.25, 0.3) is 0 Å². The minimum Gasteiger partial charge on any atom is -0.472 e. The van der Waals surface area contributed by atoms with Crippen LogP contribution in [0.1, 0.15) is 62.1 Å². The fourth-order valence-corrected chi connectivity index (χ4v) is 8.48. The Balaban J connectivity index is 1.10. The molecule has 6 aromatic carbocycles. The Hall–Kier alpha value is -8.66. The van der Waals surface area contributed by atoms with Crippen molar-refractivity contribution in [2.75, 3.05) is 13.2 Å². The molecule has 1 fully saturated rings. The van der Waals surface area contributed by atoms with E-state index in [-0.39, 0.29) is 28.9 Å². The van der Waals surface area contributed by atoms with E-state index in [9.17, 15) is 28.8 Å². The Morgan fingerprint density at radius 2 is 0.806 bits per heavy atom. The van der Waals surface area contributed by atoms with E-state index in [2.05, 4.69) is 0 Å². The molecule has 0 bridgehead atoms. The van der Waals surface area contributed by atoms with Gasteiger partial charge in [0.2, 0.25) is 12.6 Å². The summed E-state index contributed by atoms with van der Waals surface area (Å²) in [5, 5.41) is 0. The molecule has 0 aromatic heterocycles. The van der Waals surface area contributed by atoms with E-state index in [1.54, 1.807) is 158 Å². The van der Waals surface area contributed by atoms with Crippen molar-refractivity contribution in [1.82, 2.24) is 0 Å². The van der Waals surface area contributed by atoms with Gasteiger partial charge in [0.05, 0.1) is 45.6 Å². The van der Waals surface area contributed by atoms with Gasteiger partial charge in [-0.2, -0.15) is 0 Å². The van der Waals surface area contributed by atoms with Crippen molar-refractivity contribution in [1.29, 1.82) is 0 Å². The Kier molecular flexibility index (Phi) is 15.3. The van der Waals surface area contributed by atoms with Crippen molar-refractivity contribution in [2.24, 2.45) is 11.8 Å². The van der Waals surface area contributed by atoms with Crippen molar-refractivity contribution in [3.63, 3.8) is 0 Å². The number of ether oxygens (including phenoxy) is 9. The molecule has 72 heavy (non-hydrogen) atoms. The van der Waals surface area contributed by atoms with E-state index in [0.717, 1.165) is 0 Å². The highest BCUT2D eigenvalue weighted by atomic mass is 16.8. The highest BCUT2D eigenvalue weighted by Crippen LogP contribution is 2.43. The summed E-state index contributed by atoms with van der Waals surface area (Å²) in [6.07, 6.45) is -5.95. The van der Waals surface area contributed by atoms with E-state index in [1.165, 1.54) is 42.7 Å². The molecule has 15 nitrogen and oxygen atoms in total. The highest BCUT2D eigenvalue weighted by molar-refractivity contribution is 5.92. The van der Waals surface area contributed by atoms with Crippen molar-refractivity contribution in [3.05, 3.63) is 239 Å². The first-order valence-electron chi connectivity index (χ1n) is 23.0. The molecule has 1 saturated heterocycles. The summed E-state index contributed by atoms with van der Waals surface area (Å²) in [7, 11) is 0. The van der Waals surface area contributed by atoms with E-state index >= 15 is 0 Å². The molecular weight excluding hydrogens is 925 g/mol. The van der Waals surface area contributed by atoms with Crippen molar-refractivity contribution < 1.29 is 71.4 Å². The lowest BCUT2D eigenvalue weighted by atomic mass is 9.88. The minimum absolute atomic E-state index is 0.0975. The molecule has 9 rings (SSSR count). The summed E-state index contributed by atoms with van der Waals surface area (Å²) in [5.74, 6) is -6.22. The molecular formula is C57H46O15. The molecule has 0 unspecified atom stereocenters. The Bertz CT molecular complexity index is 2900. The molecule has 6 aromatic rings. The predicted molar refractivity (Wildman–Crippen MR) is 255 cm³/mol. The zero-order valence-electron chi connectivity index (χ0n) is 38.3. The third kappa shape index (κ3) is 11.5. The third-order valence-corrected chi connectivity index (χ3v) is 12.0. The lowest BCUT2D eigenvalue weighted by Gasteiger charge is -2.46. The van der Waals surface area contributed by atoms with Crippen molar-refractivity contribution in [3.8, 4) is 0 Å². The fourth-order valence-electron chi connectivity index (χ4n) is 8.48. The fraction of sp³-hybridized carbons (Fsp3) is 0.193. The van der Waals surface area contributed by atoms with Crippen LogP contribution in [0.3, 0.4) is 0 Å². The summed E-state index contributed by atoms with van der Waals surface area (Å²) >= 11 is 0. The molecule has 9 atom stereocenters. The average Bonchev–Trinajstić information content (AvgIpc) is 3.79. The van der Waals surface area contributed by atoms with Gasteiger partial charge in [-0.15, -0.1) is 0 Å². The molecule has 364 valence electrons. The summed E-state index contributed by atoms with van der Waals surface area (Å²) in [4.78, 5) is 82.9. The minimum atomic E-state index is -1.76. The predicted octanol–water partition coefficient (Wildman–Crippen LogP) is 8.39. The van der Waals surface area contributed by atoms with Gasteiger partial charge >= 0.3 is 35.8 Å². The summed E-state index contributed by atoms with van der Waals surface area (Å²) in [5.41, 5.74) is 1.54. The quantitative estimate of drug-likeness (QED) is 0.0511. The Morgan fingerprint density at radius 3 is 1.26 bits per heavy atom. The van der Waals surface area contributed by atoms with Crippen LogP contribution in [-0.4, -0.2) is 92.1 Å². The molecule has 3 aliphatic rings. The van der Waals surface area contributed by atoms with Gasteiger partial charge in [0.15, 0.2) is 18.3 Å². The average molecular weight is 971 g/mol. The maximum absolute atomic E-state index is 14.2. The maximum atomic E-state index is 14.2. The Labute approximate surface area is 413 Å². The first-order chi connectivity index (χ1) is 35.2. The van der Waals surface area contributed by atoms with E-state index < -0.39 is 97.4 Å². The van der Waals surface area contributed by atoms with Gasteiger partial charge in [-0.3, -0.25) is 0 Å². The summed E-state index contributed by atoms with van der Waals surface area (Å²) in [6.45, 7) is -0.898. The third-order valence-electron chi connectivity index (χ3n) is 12.0. The number of fused-ring (bicyclic) bond motifs is 1. The first-order valence-corrected chi connectivity index (χ1v) is 23.0. The number of hydrogen-bond acceptors (Lipinski definition) is 15. The monoisotopic (exact) mass is 970 g/mol. The van der Waals surface area contributed by atoms with Crippen LogP contribution in [-0.2, 0) is 42.6 Å². The standard InChI is InChI=1S/C57H46O15/c58-50(36-19-7-1-8-20-36)65-34-42-33-44(67-52(60)38-23-11-3-12-24-38)43-31-32-64-56(46(42)43)72-57-49(71-55(63)41-29-17-6-18-30-41)48(70-54(62)40-27-15-5-16-28-40)47(69-53(61)39-25-13-4-14-26-39)45(68-57)35-66-51(59)37-21-9-2-10-22-37/h1-33,43-49,56-57H,34-35H2/t43-,44+,45-,46+,47-,48+,49-,56+,57+/m0/s1. The SMILES string of the molecule is O=C(OCC1=C[C@@H](OC(=O)c2ccccc2)[C@@H]2C=CO[C@H](O[C@H]3O[C@@H](COC(=O)c4ccccc4)[C@H](OC(=O)c4ccccc4)[C@@H](OC(=O)c4ccccc4)[C@@H]3OC(=O)c3ccccc3)[C@H]12)c1ccccc1. The van der Waals surface area contributed by atoms with Crippen LogP contribution in [0.2, 0.25) is 0 Å². The Morgan fingerprint density at radius 1 is 0.417 bits per heavy atom. The van der Waals surface area contributed by atoms with Crippen LogP contribution in [0, 0.1) is 11.8 Å². The van der Waals surface area contributed by atoms with E-state index in [4.69, 9.17) is 42.6 Å². The van der Waals surface area contributed by atoms with Gasteiger partial charge < -0.3 is 42.6 Å². The number of rotatable bonds is 16. The van der Waals surface area contributed by atoms with Gasteiger partial charge in [-0.1, -0.05) is 109 Å². The van der Waals surface area contributed by atoms with Crippen LogP contribution in [0.5, 0.6) is 0 Å². The van der Waals surface area contributed by atoms with E-state index in [1.807, 2.05) is 0 Å². The molecule has 2 aliphatic heterocycles. The second-order valence-electron chi connectivity index (χ2n) is 16.7. The lowest BCUT2D eigenvalue weighted by molar-refractivity contribution is -0.337. The molecule has 0 amide bonds. The van der Waals surface area contributed by atoms with Gasteiger partial charge in [0, 0.05) is 5.92 Å². The number of carbonyl (C=O) groups is 6. The molecule has 1 aliphatic carbocycles. The molecule has 2 heterocycles. The van der Waals surface area contributed by atoms with Gasteiger partial charge in [-0.25, -0.2) is 28.8 Å². The largest absolute Gasteiger partial charge is 0.472 e. The highest BCUT2D eigenvalue weighted by Gasteiger charge is 2.56. The molecule has 15 heteroatoms. The second kappa shape index (κ2) is 22.8. The number of esters is 6. The second-order valence-corrected chi connectivity index (χ2v) is 16.7. The molecule has 0 saturated carbocycles. The van der Waals surface area contributed by atoms with Crippen LogP contribution < -0.4 is 0 Å². The zero-order valence-corrected chi connectivity index (χ0v) is 38.3. The lowest BCUT2D eigenvalue weighted by Crippen LogP contribution is -2.64. The first kappa shape index (κ1) is 48.4. The van der Waals surface area contributed by atoms with Crippen LogP contribution in [0.25, 0.3) is 0 Å². The van der Waals surface area contributed by atoms with Crippen LogP contribution >= 0.6 is 0 Å². The van der Waals surface area contributed by atoms with Crippen LogP contribution in [0.15, 0.2) is 206 Å². The maximum Gasteiger partial charge on any atom is 0.338 e. The normalized spacial score (nSPS) is 22.9. The molecule has 0 spiro atoms.